The number of nitrogens with zero attached hydrogens (tertiary/aromatic N) is 2. The highest BCUT2D eigenvalue weighted by Crippen LogP contribution is 2.30. The van der Waals surface area contributed by atoms with Gasteiger partial charge in [-0.05, 0) is 29.0 Å². The topological polar surface area (TPSA) is 81.1 Å². The Kier molecular flexibility index (Phi) is 5.25. The number of amides is 1. The molecule has 3 aromatic rings. The highest BCUT2D eigenvalue weighted by Gasteiger charge is 2.23. The van der Waals surface area contributed by atoms with Gasteiger partial charge < -0.3 is 9.88 Å². The third-order valence-electron chi connectivity index (χ3n) is 5.69. The third kappa shape index (κ3) is 3.83. The molecule has 1 amide bonds. The van der Waals surface area contributed by atoms with Crippen molar-refractivity contribution in [2.75, 3.05) is 7.05 Å². The van der Waals surface area contributed by atoms with Crippen molar-refractivity contribution in [3.63, 3.8) is 0 Å². The van der Waals surface area contributed by atoms with Gasteiger partial charge in [0.05, 0.1) is 6.54 Å². The normalized spacial score (nSPS) is 13.8. The minimum atomic E-state index is -0.482. The van der Waals surface area contributed by atoms with Crippen molar-refractivity contribution >= 4 is 22.5 Å². The van der Waals surface area contributed by atoms with Crippen LogP contribution in [-0.2, 0) is 6.54 Å². The summed E-state index contributed by atoms with van der Waals surface area (Å²) in [7, 11) is 1.48. The SMILES string of the molecule is CNC(=O)c1cc(C(=O)CC2CCC2)cn(Cc2cccc3cnccc23)c1=O. The van der Waals surface area contributed by atoms with Gasteiger partial charge in [-0.1, -0.05) is 37.5 Å². The van der Waals surface area contributed by atoms with Crippen LogP contribution in [0.1, 0.15) is 52.0 Å². The van der Waals surface area contributed by atoms with Crippen LogP contribution in [0.5, 0.6) is 0 Å². The average molecular weight is 389 g/mol. The predicted octanol–water partition coefficient (Wildman–Crippen LogP) is 3.18. The summed E-state index contributed by atoms with van der Waals surface area (Å²) in [6, 6.07) is 9.16. The van der Waals surface area contributed by atoms with Crippen LogP contribution in [0.15, 0.2) is 53.7 Å². The van der Waals surface area contributed by atoms with E-state index in [1.54, 1.807) is 18.6 Å². The van der Waals surface area contributed by atoms with Gasteiger partial charge in [-0.2, -0.15) is 0 Å². The van der Waals surface area contributed by atoms with Gasteiger partial charge in [0, 0.05) is 43.0 Å². The summed E-state index contributed by atoms with van der Waals surface area (Å²) in [6.45, 7) is 0.273. The molecule has 1 fully saturated rings. The monoisotopic (exact) mass is 389 g/mol. The van der Waals surface area contributed by atoms with Crippen molar-refractivity contribution in [2.24, 2.45) is 5.92 Å². The van der Waals surface area contributed by atoms with Crippen molar-refractivity contribution in [3.8, 4) is 0 Å². The van der Waals surface area contributed by atoms with E-state index in [1.165, 1.54) is 17.7 Å². The van der Waals surface area contributed by atoms with Crippen LogP contribution in [0.3, 0.4) is 0 Å². The summed E-state index contributed by atoms with van der Waals surface area (Å²) in [4.78, 5) is 42.1. The third-order valence-corrected chi connectivity index (χ3v) is 5.69. The molecule has 1 N–H and O–H groups in total. The highest BCUT2D eigenvalue weighted by molar-refractivity contribution is 6.00. The van der Waals surface area contributed by atoms with E-state index >= 15 is 0 Å². The molecule has 2 aromatic heterocycles. The molecule has 1 aromatic carbocycles. The second kappa shape index (κ2) is 7.99. The molecule has 0 spiro atoms. The molecule has 6 nitrogen and oxygen atoms in total. The van der Waals surface area contributed by atoms with Crippen molar-refractivity contribution < 1.29 is 9.59 Å². The van der Waals surface area contributed by atoms with Gasteiger partial charge in [0.25, 0.3) is 11.5 Å². The lowest BCUT2D eigenvalue weighted by atomic mass is 9.81. The van der Waals surface area contributed by atoms with Crippen molar-refractivity contribution in [3.05, 3.63) is 76.0 Å². The van der Waals surface area contributed by atoms with Crippen LogP contribution < -0.4 is 10.9 Å². The number of rotatable bonds is 6. The van der Waals surface area contributed by atoms with E-state index in [9.17, 15) is 14.4 Å². The minimum Gasteiger partial charge on any atom is -0.355 e. The Morgan fingerprint density at radius 1 is 1.24 bits per heavy atom. The quantitative estimate of drug-likeness (QED) is 0.657. The number of Topliss-reactive ketones (excluding diaryl/α,β-unsaturated/α-hetero) is 1. The lowest BCUT2D eigenvalue weighted by Crippen LogP contribution is -2.32. The zero-order valence-electron chi connectivity index (χ0n) is 16.4. The number of fused-ring (bicyclic) bond motifs is 1. The van der Waals surface area contributed by atoms with E-state index in [2.05, 4.69) is 10.3 Å². The molecule has 1 saturated carbocycles. The second-order valence-corrected chi connectivity index (χ2v) is 7.59. The van der Waals surface area contributed by atoms with E-state index in [1.807, 2.05) is 24.3 Å². The molecule has 4 rings (SSSR count). The molecule has 0 bridgehead atoms. The van der Waals surface area contributed by atoms with Gasteiger partial charge in [-0.15, -0.1) is 0 Å². The smallest absolute Gasteiger partial charge is 0.263 e. The van der Waals surface area contributed by atoms with Gasteiger partial charge >= 0.3 is 0 Å². The molecule has 0 saturated heterocycles. The fourth-order valence-electron chi connectivity index (χ4n) is 3.79. The summed E-state index contributed by atoms with van der Waals surface area (Å²) in [6.07, 6.45) is 8.84. The summed E-state index contributed by atoms with van der Waals surface area (Å²) < 4.78 is 1.47. The number of ketones is 1. The van der Waals surface area contributed by atoms with Crippen LogP contribution >= 0.6 is 0 Å². The summed E-state index contributed by atoms with van der Waals surface area (Å²) in [5.74, 6) is -0.0863. The first-order valence-electron chi connectivity index (χ1n) is 9.88. The molecule has 0 atom stereocenters. The van der Waals surface area contributed by atoms with E-state index < -0.39 is 11.5 Å². The Morgan fingerprint density at radius 2 is 2.07 bits per heavy atom. The van der Waals surface area contributed by atoms with E-state index in [0.29, 0.717) is 17.9 Å². The first kappa shape index (κ1) is 19.1. The summed E-state index contributed by atoms with van der Waals surface area (Å²) in [5.41, 5.74) is 0.930. The fourth-order valence-corrected chi connectivity index (χ4v) is 3.79. The molecule has 148 valence electrons. The Hall–Kier alpha value is -3.28. The molecule has 0 radical (unpaired) electrons. The summed E-state index contributed by atoms with van der Waals surface area (Å²) in [5, 5.41) is 4.46. The standard InChI is InChI=1S/C23H23N3O3/c1-24-22(28)20-11-18(21(27)10-15-4-2-5-15)14-26(23(20)29)13-17-7-3-6-16-12-25-9-8-19(16)17/h3,6-9,11-12,14-15H,2,4-5,10,13H2,1H3,(H,24,28). The molecule has 1 aliphatic rings. The number of benzene rings is 1. The van der Waals surface area contributed by atoms with Crippen LogP contribution in [0, 0.1) is 5.92 Å². The average Bonchev–Trinajstić information content (AvgIpc) is 2.71. The number of carbonyl (C=O) groups is 2. The van der Waals surface area contributed by atoms with E-state index in [4.69, 9.17) is 0 Å². The largest absolute Gasteiger partial charge is 0.355 e. The molecule has 0 unspecified atom stereocenters. The van der Waals surface area contributed by atoms with Gasteiger partial charge in [0.15, 0.2) is 5.78 Å². The van der Waals surface area contributed by atoms with Gasteiger partial charge in [-0.25, -0.2) is 0 Å². The number of aromatic nitrogens is 2. The maximum atomic E-state index is 13.0. The fraction of sp³-hybridized carbons (Fsp3) is 0.304. The van der Waals surface area contributed by atoms with Crippen molar-refractivity contribution in [1.29, 1.82) is 0 Å². The van der Waals surface area contributed by atoms with Gasteiger partial charge in [0.1, 0.15) is 5.56 Å². The van der Waals surface area contributed by atoms with E-state index in [-0.39, 0.29) is 17.9 Å². The Morgan fingerprint density at radius 3 is 2.79 bits per heavy atom. The molecule has 1 aliphatic carbocycles. The zero-order valence-corrected chi connectivity index (χ0v) is 16.4. The Balaban J connectivity index is 1.76. The molecular formula is C23H23N3O3. The number of nitrogens with one attached hydrogen (secondary N) is 1. The predicted molar refractivity (Wildman–Crippen MR) is 111 cm³/mol. The summed E-state index contributed by atoms with van der Waals surface area (Å²) >= 11 is 0. The molecule has 6 heteroatoms. The first-order valence-corrected chi connectivity index (χ1v) is 9.88. The highest BCUT2D eigenvalue weighted by atomic mass is 16.2. The number of hydrogen-bond acceptors (Lipinski definition) is 4. The lowest BCUT2D eigenvalue weighted by Gasteiger charge is -2.24. The van der Waals surface area contributed by atoms with Crippen molar-refractivity contribution in [2.45, 2.75) is 32.2 Å². The molecule has 0 aliphatic heterocycles. The van der Waals surface area contributed by atoms with Gasteiger partial charge in [0.2, 0.25) is 0 Å². The number of pyridine rings is 2. The van der Waals surface area contributed by atoms with Crippen LogP contribution in [0.25, 0.3) is 10.8 Å². The zero-order chi connectivity index (χ0) is 20.4. The van der Waals surface area contributed by atoms with Crippen LogP contribution in [0.2, 0.25) is 0 Å². The number of carbonyl (C=O) groups excluding carboxylic acids is 2. The molecule has 2 heterocycles. The second-order valence-electron chi connectivity index (χ2n) is 7.59. The van der Waals surface area contributed by atoms with E-state index in [0.717, 1.165) is 35.6 Å². The minimum absolute atomic E-state index is 0.00568. The first-order chi connectivity index (χ1) is 14.1. The van der Waals surface area contributed by atoms with Crippen LogP contribution in [0.4, 0.5) is 0 Å². The maximum Gasteiger partial charge on any atom is 0.263 e. The van der Waals surface area contributed by atoms with Crippen LogP contribution in [-0.4, -0.2) is 28.3 Å². The molecule has 29 heavy (non-hydrogen) atoms. The van der Waals surface area contributed by atoms with Gasteiger partial charge in [-0.3, -0.25) is 19.4 Å². The Bertz CT molecular complexity index is 1140. The Labute approximate surface area is 168 Å². The maximum absolute atomic E-state index is 13.0. The lowest BCUT2D eigenvalue weighted by molar-refractivity contribution is 0.0935. The molecular weight excluding hydrogens is 366 g/mol. The number of hydrogen-bond donors (Lipinski definition) is 1. The van der Waals surface area contributed by atoms with Crippen molar-refractivity contribution in [1.82, 2.24) is 14.9 Å².